The van der Waals surface area contributed by atoms with E-state index in [1.165, 1.54) is 0 Å². The predicted molar refractivity (Wildman–Crippen MR) is 99.6 cm³/mol. The SMILES string of the molecule is CCN(CC)C(=S)SCCC(=O)C=Cc1ccc(OC)cc1. The summed E-state index contributed by atoms with van der Waals surface area (Å²) in [6.07, 6.45) is 3.96. The third kappa shape index (κ3) is 6.62. The van der Waals surface area contributed by atoms with Crippen LogP contribution in [0.25, 0.3) is 6.08 Å². The van der Waals surface area contributed by atoms with E-state index in [1.54, 1.807) is 24.9 Å². The number of methoxy groups -OCH3 is 1. The molecule has 1 aromatic rings. The number of allylic oxidation sites excluding steroid dienone is 1. The Labute approximate surface area is 142 Å². The number of benzene rings is 1. The summed E-state index contributed by atoms with van der Waals surface area (Å²) in [5.41, 5.74) is 0.987. The van der Waals surface area contributed by atoms with Crippen LogP contribution in [0, 0.1) is 0 Å². The van der Waals surface area contributed by atoms with E-state index in [1.807, 2.05) is 30.3 Å². The van der Waals surface area contributed by atoms with Gasteiger partial charge in [-0.05, 0) is 37.6 Å². The molecule has 0 aromatic heterocycles. The van der Waals surface area contributed by atoms with Crippen LogP contribution in [0.2, 0.25) is 0 Å². The first-order valence-electron chi connectivity index (χ1n) is 7.37. The third-order valence-corrected chi connectivity index (χ3v) is 4.70. The Morgan fingerprint density at radius 1 is 1.27 bits per heavy atom. The molecule has 0 spiro atoms. The van der Waals surface area contributed by atoms with E-state index in [2.05, 4.69) is 18.7 Å². The summed E-state index contributed by atoms with van der Waals surface area (Å²) in [5.74, 6) is 1.65. The Morgan fingerprint density at radius 2 is 1.91 bits per heavy atom. The molecule has 0 aliphatic rings. The molecule has 120 valence electrons. The van der Waals surface area contributed by atoms with Gasteiger partial charge < -0.3 is 9.64 Å². The maximum Gasteiger partial charge on any atom is 0.156 e. The van der Waals surface area contributed by atoms with Crippen molar-refractivity contribution in [2.75, 3.05) is 26.0 Å². The highest BCUT2D eigenvalue weighted by molar-refractivity contribution is 8.22. The van der Waals surface area contributed by atoms with Gasteiger partial charge >= 0.3 is 0 Å². The number of ketones is 1. The molecule has 0 unspecified atom stereocenters. The van der Waals surface area contributed by atoms with Gasteiger partial charge in [0.1, 0.15) is 10.1 Å². The van der Waals surface area contributed by atoms with Crippen LogP contribution in [0.3, 0.4) is 0 Å². The van der Waals surface area contributed by atoms with Crippen molar-refractivity contribution in [3.8, 4) is 5.75 Å². The van der Waals surface area contributed by atoms with Crippen molar-refractivity contribution in [1.82, 2.24) is 4.90 Å². The summed E-state index contributed by atoms with van der Waals surface area (Å²) in [7, 11) is 1.63. The predicted octanol–water partition coefficient (Wildman–Crippen LogP) is 4.03. The van der Waals surface area contributed by atoms with Gasteiger partial charge in [0.15, 0.2) is 5.78 Å². The lowest BCUT2D eigenvalue weighted by molar-refractivity contribution is -0.114. The van der Waals surface area contributed by atoms with Crippen molar-refractivity contribution in [2.45, 2.75) is 20.3 Å². The third-order valence-electron chi connectivity index (χ3n) is 3.17. The summed E-state index contributed by atoms with van der Waals surface area (Å²) >= 11 is 6.91. The highest BCUT2D eigenvalue weighted by Crippen LogP contribution is 2.13. The lowest BCUT2D eigenvalue weighted by Crippen LogP contribution is -2.26. The van der Waals surface area contributed by atoms with Crippen LogP contribution in [0.5, 0.6) is 5.75 Å². The first-order valence-corrected chi connectivity index (χ1v) is 8.76. The Morgan fingerprint density at radius 3 is 2.45 bits per heavy atom. The number of carbonyl (C=O) groups excluding carboxylic acids is 1. The molecular formula is C17H23NO2S2. The molecule has 0 aliphatic heterocycles. The van der Waals surface area contributed by atoms with E-state index >= 15 is 0 Å². The minimum atomic E-state index is 0.116. The zero-order valence-corrected chi connectivity index (χ0v) is 15.0. The molecule has 1 rings (SSSR count). The average Bonchev–Trinajstić information content (AvgIpc) is 2.54. The van der Waals surface area contributed by atoms with Gasteiger partial charge in [-0.3, -0.25) is 4.79 Å². The van der Waals surface area contributed by atoms with Crippen LogP contribution in [-0.4, -0.2) is 41.0 Å². The fraction of sp³-hybridized carbons (Fsp3) is 0.412. The summed E-state index contributed by atoms with van der Waals surface area (Å²) in [6, 6.07) is 7.60. The molecule has 0 saturated carbocycles. The summed E-state index contributed by atoms with van der Waals surface area (Å²) in [5, 5.41) is 0. The summed E-state index contributed by atoms with van der Waals surface area (Å²) in [6.45, 7) is 5.99. The number of rotatable bonds is 8. The minimum Gasteiger partial charge on any atom is -0.497 e. The van der Waals surface area contributed by atoms with Crippen LogP contribution in [-0.2, 0) is 4.79 Å². The van der Waals surface area contributed by atoms with Gasteiger partial charge in [0.05, 0.1) is 7.11 Å². The van der Waals surface area contributed by atoms with Gasteiger partial charge in [0.2, 0.25) is 0 Å². The van der Waals surface area contributed by atoms with Crippen LogP contribution in [0.4, 0.5) is 0 Å². The number of hydrogen-bond donors (Lipinski definition) is 0. The zero-order valence-electron chi connectivity index (χ0n) is 13.4. The number of carbonyl (C=O) groups is 1. The second kappa shape index (κ2) is 10.4. The van der Waals surface area contributed by atoms with E-state index in [-0.39, 0.29) is 5.78 Å². The lowest BCUT2D eigenvalue weighted by atomic mass is 10.2. The lowest BCUT2D eigenvalue weighted by Gasteiger charge is -2.20. The molecule has 1 aromatic carbocycles. The summed E-state index contributed by atoms with van der Waals surface area (Å²) in [4.78, 5) is 14.0. The van der Waals surface area contributed by atoms with E-state index in [9.17, 15) is 4.79 Å². The molecule has 0 heterocycles. The van der Waals surface area contributed by atoms with Gasteiger partial charge in [0.25, 0.3) is 0 Å². The monoisotopic (exact) mass is 337 g/mol. The second-order valence-corrected chi connectivity index (χ2v) is 6.34. The zero-order chi connectivity index (χ0) is 16.4. The number of ether oxygens (including phenoxy) is 1. The molecule has 0 N–H and O–H groups in total. The van der Waals surface area contributed by atoms with Crippen molar-refractivity contribution in [3.05, 3.63) is 35.9 Å². The van der Waals surface area contributed by atoms with Crippen molar-refractivity contribution in [1.29, 1.82) is 0 Å². The maximum atomic E-state index is 11.8. The van der Waals surface area contributed by atoms with Crippen molar-refractivity contribution in [3.63, 3.8) is 0 Å². The van der Waals surface area contributed by atoms with Crippen LogP contribution < -0.4 is 4.74 Å². The summed E-state index contributed by atoms with van der Waals surface area (Å²) < 4.78 is 5.97. The topological polar surface area (TPSA) is 29.5 Å². The normalized spacial score (nSPS) is 10.7. The molecule has 0 bridgehead atoms. The Hall–Kier alpha value is -1.33. The molecule has 0 radical (unpaired) electrons. The smallest absolute Gasteiger partial charge is 0.156 e. The van der Waals surface area contributed by atoms with E-state index < -0.39 is 0 Å². The van der Waals surface area contributed by atoms with Crippen LogP contribution >= 0.6 is 24.0 Å². The fourth-order valence-electron chi connectivity index (χ4n) is 1.80. The number of hydrogen-bond acceptors (Lipinski definition) is 4. The molecule has 0 saturated heterocycles. The van der Waals surface area contributed by atoms with E-state index in [0.29, 0.717) is 6.42 Å². The quantitative estimate of drug-likeness (QED) is 0.528. The Balaban J connectivity index is 2.36. The molecular weight excluding hydrogens is 314 g/mol. The maximum absolute atomic E-state index is 11.8. The van der Waals surface area contributed by atoms with Crippen molar-refractivity contribution >= 4 is 40.2 Å². The number of thiocarbonyl (C=S) groups is 1. The molecule has 0 aliphatic carbocycles. The molecule has 22 heavy (non-hydrogen) atoms. The van der Waals surface area contributed by atoms with Gasteiger partial charge in [0, 0.05) is 25.3 Å². The first-order chi connectivity index (χ1) is 10.6. The van der Waals surface area contributed by atoms with E-state index in [0.717, 1.165) is 34.5 Å². The van der Waals surface area contributed by atoms with Crippen molar-refractivity contribution in [2.24, 2.45) is 0 Å². The van der Waals surface area contributed by atoms with Gasteiger partial charge in [-0.1, -0.05) is 42.2 Å². The molecule has 3 nitrogen and oxygen atoms in total. The van der Waals surface area contributed by atoms with Gasteiger partial charge in [-0.25, -0.2) is 0 Å². The molecule has 0 amide bonds. The van der Waals surface area contributed by atoms with Crippen molar-refractivity contribution < 1.29 is 9.53 Å². The number of nitrogens with zero attached hydrogens (tertiary/aromatic N) is 1. The minimum absolute atomic E-state index is 0.116. The fourth-order valence-corrected chi connectivity index (χ4v) is 3.23. The standard InChI is InChI=1S/C17H23NO2S2/c1-4-18(5-2)17(21)22-13-12-15(19)9-6-14-7-10-16(20-3)11-8-14/h6-11H,4-5,12-13H2,1-3H3. The Kier molecular flexibility index (Phi) is 8.85. The Bertz CT molecular complexity index is 508. The largest absolute Gasteiger partial charge is 0.497 e. The number of thioether (sulfide) groups is 1. The molecule has 5 heteroatoms. The second-order valence-electron chi connectivity index (χ2n) is 4.61. The molecule has 0 fully saturated rings. The first kappa shape index (κ1) is 18.7. The van der Waals surface area contributed by atoms with Gasteiger partial charge in [-0.2, -0.15) is 0 Å². The van der Waals surface area contributed by atoms with Gasteiger partial charge in [-0.15, -0.1) is 0 Å². The van der Waals surface area contributed by atoms with Crippen LogP contribution in [0.15, 0.2) is 30.3 Å². The average molecular weight is 338 g/mol. The highest BCUT2D eigenvalue weighted by atomic mass is 32.2. The van der Waals surface area contributed by atoms with Crippen LogP contribution in [0.1, 0.15) is 25.8 Å². The molecule has 0 atom stereocenters. The highest BCUT2D eigenvalue weighted by Gasteiger charge is 2.06. The van der Waals surface area contributed by atoms with E-state index in [4.69, 9.17) is 17.0 Å².